The van der Waals surface area contributed by atoms with Crippen LogP contribution >= 0.6 is 11.6 Å². The number of rotatable bonds is 4. The predicted molar refractivity (Wildman–Crippen MR) is 41.1 cm³/mol. The molecule has 0 fully saturated rings. The average molecular weight is 152 g/mol. The van der Waals surface area contributed by atoms with Crippen LogP contribution in [0.25, 0.3) is 0 Å². The molecule has 3 heteroatoms. The van der Waals surface area contributed by atoms with E-state index >= 15 is 0 Å². The summed E-state index contributed by atoms with van der Waals surface area (Å²) in [5.41, 5.74) is 0. The Kier molecular flexibility index (Phi) is 4.19. The Morgan fingerprint density at radius 2 is 1.78 bits per heavy atom. The fraction of sp³-hybridized carbons (Fsp3) is 1.00. The molecule has 0 saturated heterocycles. The summed E-state index contributed by atoms with van der Waals surface area (Å²) in [5, 5.41) is 0. The molecule has 0 aromatic heterocycles. The lowest BCUT2D eigenvalue weighted by molar-refractivity contribution is -0.934. The van der Waals surface area contributed by atoms with Crippen molar-refractivity contribution in [2.75, 3.05) is 25.5 Å². The Labute approximate surface area is 62.1 Å². The highest BCUT2D eigenvalue weighted by molar-refractivity contribution is 6.17. The SMILES string of the molecule is CC[N+](N)(CC)CCCl. The van der Waals surface area contributed by atoms with Gasteiger partial charge in [0.2, 0.25) is 0 Å². The van der Waals surface area contributed by atoms with Crippen LogP contribution in [0, 0.1) is 0 Å². The lowest BCUT2D eigenvalue weighted by atomic mass is 10.5. The number of halogens is 1. The van der Waals surface area contributed by atoms with Gasteiger partial charge in [-0.05, 0) is 13.8 Å². The summed E-state index contributed by atoms with van der Waals surface area (Å²) in [4.78, 5) is 0. The minimum atomic E-state index is 0.601. The highest BCUT2D eigenvalue weighted by atomic mass is 35.5. The standard InChI is InChI=1S/C6H16ClN2/c1-3-9(8,4-2)6-5-7/h3-6,8H2,1-2H3/q+1. The van der Waals surface area contributed by atoms with E-state index in [2.05, 4.69) is 13.8 Å². The van der Waals surface area contributed by atoms with Crippen LogP contribution in [0.3, 0.4) is 0 Å². The minimum Gasteiger partial charge on any atom is -0.248 e. The van der Waals surface area contributed by atoms with Crippen molar-refractivity contribution >= 4 is 11.6 Å². The van der Waals surface area contributed by atoms with Gasteiger partial charge in [-0.1, -0.05) is 0 Å². The molecule has 0 amide bonds. The summed E-state index contributed by atoms with van der Waals surface area (Å²) < 4.78 is 0.601. The fourth-order valence-electron chi connectivity index (χ4n) is 0.708. The molecule has 0 aromatic rings. The maximum Gasteiger partial charge on any atom is 0.110 e. The number of hydrogen-bond donors (Lipinski definition) is 1. The molecule has 0 unspecified atom stereocenters. The van der Waals surface area contributed by atoms with Gasteiger partial charge in [0, 0.05) is 0 Å². The highest BCUT2D eigenvalue weighted by Crippen LogP contribution is 1.96. The molecule has 0 atom stereocenters. The van der Waals surface area contributed by atoms with Gasteiger partial charge in [-0.3, -0.25) is 0 Å². The van der Waals surface area contributed by atoms with Crippen molar-refractivity contribution in [2.45, 2.75) is 13.8 Å². The zero-order valence-electron chi connectivity index (χ0n) is 6.23. The maximum absolute atomic E-state index is 5.86. The number of hydrogen-bond acceptors (Lipinski definition) is 1. The second-order valence-electron chi connectivity index (χ2n) is 2.26. The van der Waals surface area contributed by atoms with Crippen molar-refractivity contribution in [3.63, 3.8) is 0 Å². The summed E-state index contributed by atoms with van der Waals surface area (Å²) in [6.07, 6.45) is 0. The first kappa shape index (κ1) is 9.21. The first-order chi connectivity index (χ1) is 4.18. The number of nitrogens with two attached hydrogens (primary N) is 1. The molecule has 0 saturated carbocycles. The molecular formula is C6H16ClN2+. The Hall–Kier alpha value is 0.210. The van der Waals surface area contributed by atoms with E-state index in [1.54, 1.807) is 0 Å². The van der Waals surface area contributed by atoms with E-state index in [9.17, 15) is 0 Å². The van der Waals surface area contributed by atoms with Gasteiger partial charge in [-0.25, -0.2) is 4.59 Å². The summed E-state index contributed by atoms with van der Waals surface area (Å²) in [5.74, 6) is 6.51. The Morgan fingerprint density at radius 1 is 1.33 bits per heavy atom. The Morgan fingerprint density at radius 3 is 1.89 bits per heavy atom. The molecule has 2 N–H and O–H groups in total. The number of nitrogens with zero attached hydrogens (tertiary/aromatic N) is 1. The van der Waals surface area contributed by atoms with Gasteiger partial charge in [-0.2, -0.15) is 5.84 Å². The van der Waals surface area contributed by atoms with Crippen LogP contribution in [0.4, 0.5) is 0 Å². The van der Waals surface area contributed by atoms with Gasteiger partial charge in [0.1, 0.15) is 6.54 Å². The molecule has 0 bridgehead atoms. The minimum absolute atomic E-state index is 0.601. The summed E-state index contributed by atoms with van der Waals surface area (Å²) in [6, 6.07) is 0. The lowest BCUT2D eigenvalue weighted by Gasteiger charge is -2.29. The molecule has 0 aliphatic rings. The van der Waals surface area contributed by atoms with E-state index in [-0.39, 0.29) is 0 Å². The van der Waals surface area contributed by atoms with E-state index in [4.69, 9.17) is 17.4 Å². The first-order valence-corrected chi connectivity index (χ1v) is 3.92. The predicted octanol–water partition coefficient (Wildman–Crippen LogP) is 0.956. The van der Waals surface area contributed by atoms with Gasteiger partial charge in [-0.15, -0.1) is 11.6 Å². The molecule has 2 nitrogen and oxygen atoms in total. The van der Waals surface area contributed by atoms with Crippen molar-refractivity contribution in [3.05, 3.63) is 0 Å². The maximum atomic E-state index is 5.86. The smallest absolute Gasteiger partial charge is 0.110 e. The molecule has 56 valence electrons. The molecule has 0 aromatic carbocycles. The molecule has 0 aliphatic carbocycles. The van der Waals surface area contributed by atoms with E-state index in [0.29, 0.717) is 10.5 Å². The molecule has 0 aliphatic heterocycles. The molecule has 0 radical (unpaired) electrons. The van der Waals surface area contributed by atoms with E-state index in [1.807, 2.05) is 0 Å². The molecular weight excluding hydrogens is 136 g/mol. The fourth-order valence-corrected chi connectivity index (χ4v) is 1.04. The van der Waals surface area contributed by atoms with Crippen LogP contribution in [0.5, 0.6) is 0 Å². The molecule has 9 heavy (non-hydrogen) atoms. The van der Waals surface area contributed by atoms with Gasteiger partial charge < -0.3 is 0 Å². The van der Waals surface area contributed by atoms with Gasteiger partial charge in [0.05, 0.1) is 19.0 Å². The van der Waals surface area contributed by atoms with Gasteiger partial charge >= 0.3 is 0 Å². The highest BCUT2D eigenvalue weighted by Gasteiger charge is 2.15. The first-order valence-electron chi connectivity index (χ1n) is 3.39. The van der Waals surface area contributed by atoms with Crippen LogP contribution in [-0.2, 0) is 0 Å². The van der Waals surface area contributed by atoms with E-state index in [0.717, 1.165) is 19.6 Å². The van der Waals surface area contributed by atoms with E-state index < -0.39 is 0 Å². The normalized spacial score (nSPS) is 12.0. The Bertz CT molecular complexity index is 71.5. The van der Waals surface area contributed by atoms with Crippen LogP contribution in [0.2, 0.25) is 0 Å². The van der Waals surface area contributed by atoms with E-state index in [1.165, 1.54) is 0 Å². The zero-order valence-corrected chi connectivity index (χ0v) is 6.99. The van der Waals surface area contributed by atoms with Crippen molar-refractivity contribution in [3.8, 4) is 0 Å². The third kappa shape index (κ3) is 3.04. The van der Waals surface area contributed by atoms with Crippen LogP contribution in [-0.4, -0.2) is 30.1 Å². The number of quaternary nitrogens is 1. The van der Waals surface area contributed by atoms with Crippen LogP contribution in [0.15, 0.2) is 0 Å². The van der Waals surface area contributed by atoms with Crippen LogP contribution < -0.4 is 5.84 Å². The van der Waals surface area contributed by atoms with Gasteiger partial charge in [0.15, 0.2) is 0 Å². The van der Waals surface area contributed by atoms with Crippen LogP contribution in [0.1, 0.15) is 13.8 Å². The summed E-state index contributed by atoms with van der Waals surface area (Å²) >= 11 is 5.55. The third-order valence-corrected chi connectivity index (χ3v) is 1.96. The van der Waals surface area contributed by atoms with Crippen molar-refractivity contribution < 1.29 is 4.59 Å². The quantitative estimate of drug-likeness (QED) is 0.276. The second kappa shape index (κ2) is 4.09. The number of alkyl halides is 1. The average Bonchev–Trinajstić information content (AvgIpc) is 1.89. The summed E-state index contributed by atoms with van der Waals surface area (Å²) in [7, 11) is 0. The third-order valence-electron chi connectivity index (χ3n) is 1.79. The van der Waals surface area contributed by atoms with Crippen molar-refractivity contribution in [2.24, 2.45) is 5.84 Å². The van der Waals surface area contributed by atoms with Crippen molar-refractivity contribution in [1.82, 2.24) is 0 Å². The Balaban J connectivity index is 3.62. The lowest BCUT2D eigenvalue weighted by Crippen LogP contribution is -2.55. The largest absolute Gasteiger partial charge is 0.248 e. The second-order valence-corrected chi connectivity index (χ2v) is 2.64. The topological polar surface area (TPSA) is 26.0 Å². The summed E-state index contributed by atoms with van der Waals surface area (Å²) in [6.45, 7) is 6.95. The monoisotopic (exact) mass is 151 g/mol. The molecule has 0 spiro atoms. The molecule has 0 rings (SSSR count). The van der Waals surface area contributed by atoms with Crippen molar-refractivity contribution in [1.29, 1.82) is 0 Å². The zero-order chi connectivity index (χ0) is 7.33. The molecule has 0 heterocycles. The van der Waals surface area contributed by atoms with Gasteiger partial charge in [0.25, 0.3) is 0 Å².